The van der Waals surface area contributed by atoms with Crippen molar-refractivity contribution < 1.29 is 9.90 Å². The minimum atomic E-state index is -1.00. The van der Waals surface area contributed by atoms with Crippen molar-refractivity contribution in [3.8, 4) is 0 Å². The maximum Gasteiger partial charge on any atom is 0.339 e. The van der Waals surface area contributed by atoms with Crippen LogP contribution in [0.4, 0.5) is 0 Å². The van der Waals surface area contributed by atoms with Crippen molar-refractivity contribution in [3.05, 3.63) is 76.1 Å². The van der Waals surface area contributed by atoms with Gasteiger partial charge in [-0.25, -0.2) is 4.79 Å². The smallest absolute Gasteiger partial charge is 0.339 e. The molecule has 2 aromatic heterocycles. The highest BCUT2D eigenvalue weighted by Gasteiger charge is 2.21. The van der Waals surface area contributed by atoms with E-state index in [1.807, 2.05) is 53.9 Å². The number of aromatic nitrogens is 1. The van der Waals surface area contributed by atoms with E-state index in [2.05, 4.69) is 0 Å². The first kappa shape index (κ1) is 13.7. The van der Waals surface area contributed by atoms with Crippen LogP contribution in [0.5, 0.6) is 0 Å². The lowest BCUT2D eigenvalue weighted by Crippen LogP contribution is -1.96. The maximum atomic E-state index is 11.5. The molecular weight excluding hydrogens is 286 g/mol. The number of aryl methyl sites for hydroxylation is 1. The quantitative estimate of drug-likeness (QED) is 0.788. The molecule has 0 amide bonds. The summed E-state index contributed by atoms with van der Waals surface area (Å²) in [5, 5.41) is 9.72. The second kappa shape index (κ2) is 5.26. The van der Waals surface area contributed by atoms with E-state index in [1.54, 1.807) is 6.07 Å². The predicted molar refractivity (Wildman–Crippen MR) is 83.4 cm³/mol. The lowest BCUT2D eigenvalue weighted by atomic mass is 10.0. The summed E-state index contributed by atoms with van der Waals surface area (Å²) in [5.41, 5.74) is 3.90. The van der Waals surface area contributed by atoms with E-state index in [4.69, 9.17) is 11.6 Å². The first-order valence-electron chi connectivity index (χ1n) is 6.65. The van der Waals surface area contributed by atoms with Gasteiger partial charge in [0.05, 0.1) is 10.5 Å². The lowest BCUT2D eigenvalue weighted by molar-refractivity contribution is 0.0699. The van der Waals surface area contributed by atoms with Gasteiger partial charge in [0.2, 0.25) is 0 Å². The van der Waals surface area contributed by atoms with Crippen molar-refractivity contribution in [2.24, 2.45) is 0 Å². The molecule has 4 heteroatoms. The molecular formula is C17H14ClNO2. The number of hydrogen-bond acceptors (Lipinski definition) is 1. The molecule has 1 N–H and O–H groups in total. The van der Waals surface area contributed by atoms with E-state index in [0.29, 0.717) is 17.0 Å². The molecule has 21 heavy (non-hydrogen) atoms. The minimum absolute atomic E-state index is 0.167. The van der Waals surface area contributed by atoms with E-state index >= 15 is 0 Å². The molecule has 0 saturated carbocycles. The van der Waals surface area contributed by atoms with E-state index in [1.165, 1.54) is 0 Å². The molecule has 3 nitrogen and oxygen atoms in total. The number of carboxylic acids is 1. The van der Waals surface area contributed by atoms with E-state index in [0.717, 1.165) is 16.8 Å². The zero-order valence-corrected chi connectivity index (χ0v) is 12.3. The fraction of sp³-hybridized carbons (Fsp3) is 0.118. The molecule has 2 heterocycles. The molecule has 3 aromatic rings. The number of halogens is 1. The molecule has 0 aliphatic carbocycles. The molecule has 3 rings (SSSR count). The number of aromatic carboxylic acids is 1. The Morgan fingerprint density at radius 1 is 1.19 bits per heavy atom. The number of pyridine rings is 1. The van der Waals surface area contributed by atoms with E-state index in [-0.39, 0.29) is 5.56 Å². The van der Waals surface area contributed by atoms with Crippen LogP contribution in [0.15, 0.2) is 48.7 Å². The first-order chi connectivity index (χ1) is 10.1. The Morgan fingerprint density at radius 2 is 1.90 bits per heavy atom. The zero-order valence-electron chi connectivity index (χ0n) is 11.5. The van der Waals surface area contributed by atoms with Crippen molar-refractivity contribution in [1.82, 2.24) is 4.40 Å². The number of carbonyl (C=O) groups is 1. The van der Waals surface area contributed by atoms with Crippen molar-refractivity contribution in [1.29, 1.82) is 0 Å². The van der Waals surface area contributed by atoms with Crippen LogP contribution < -0.4 is 0 Å². The number of rotatable bonds is 3. The summed E-state index contributed by atoms with van der Waals surface area (Å²) in [7, 11) is 0. The number of fused-ring (bicyclic) bond motifs is 1. The highest BCUT2D eigenvalue weighted by atomic mass is 35.5. The van der Waals surface area contributed by atoms with Gasteiger partial charge in [-0.05, 0) is 30.2 Å². The van der Waals surface area contributed by atoms with Gasteiger partial charge in [-0.2, -0.15) is 0 Å². The summed E-state index contributed by atoms with van der Waals surface area (Å²) < 4.78 is 1.86. The first-order valence-corrected chi connectivity index (χ1v) is 7.02. The SMILES string of the molecule is Cc1ccccc1Cc1c(Cl)c(C(=O)O)c2ccccn12. The lowest BCUT2D eigenvalue weighted by Gasteiger charge is -2.07. The Balaban J connectivity index is 2.21. The Bertz CT molecular complexity index is 836. The van der Waals surface area contributed by atoms with Crippen LogP contribution in [0.25, 0.3) is 5.52 Å². The Kier molecular flexibility index (Phi) is 3.43. The van der Waals surface area contributed by atoms with Gasteiger partial charge >= 0.3 is 5.97 Å². The monoisotopic (exact) mass is 299 g/mol. The Morgan fingerprint density at radius 3 is 2.62 bits per heavy atom. The molecule has 0 saturated heterocycles. The van der Waals surface area contributed by atoms with Crippen molar-refractivity contribution in [3.63, 3.8) is 0 Å². The van der Waals surface area contributed by atoms with Crippen molar-refractivity contribution in [2.45, 2.75) is 13.3 Å². The Hall–Kier alpha value is -2.26. The van der Waals surface area contributed by atoms with E-state index in [9.17, 15) is 9.90 Å². The zero-order chi connectivity index (χ0) is 15.0. The fourth-order valence-corrected chi connectivity index (χ4v) is 2.94. The summed E-state index contributed by atoms with van der Waals surface area (Å²) in [6.45, 7) is 2.04. The van der Waals surface area contributed by atoms with Crippen LogP contribution in [0.1, 0.15) is 27.2 Å². The number of carboxylic acid groups (broad SMARTS) is 1. The highest BCUT2D eigenvalue weighted by Crippen LogP contribution is 2.30. The van der Waals surface area contributed by atoms with Gasteiger partial charge in [-0.3, -0.25) is 0 Å². The van der Waals surface area contributed by atoms with Gasteiger partial charge in [0.15, 0.2) is 0 Å². The molecule has 0 aliphatic heterocycles. The standard InChI is InChI=1S/C17H14ClNO2/c1-11-6-2-3-7-12(11)10-14-16(18)15(17(20)21)13-8-4-5-9-19(13)14/h2-9H,10H2,1H3,(H,20,21). The second-order valence-electron chi connectivity index (χ2n) is 5.00. The summed E-state index contributed by atoms with van der Waals surface area (Å²) in [6, 6.07) is 13.5. The molecule has 0 bridgehead atoms. The Labute approximate surface area is 127 Å². The van der Waals surface area contributed by atoms with Gasteiger partial charge in [0.25, 0.3) is 0 Å². The van der Waals surface area contributed by atoms with Gasteiger partial charge < -0.3 is 9.51 Å². The molecule has 0 unspecified atom stereocenters. The molecule has 1 aromatic carbocycles. The number of hydrogen-bond donors (Lipinski definition) is 1. The van der Waals surface area contributed by atoms with Crippen molar-refractivity contribution >= 4 is 23.1 Å². The molecule has 0 atom stereocenters. The molecule has 0 aliphatic rings. The number of nitrogens with zero attached hydrogens (tertiary/aromatic N) is 1. The van der Waals surface area contributed by atoms with E-state index < -0.39 is 5.97 Å². The average Bonchev–Trinajstić information content (AvgIpc) is 2.74. The summed E-state index contributed by atoms with van der Waals surface area (Å²) in [5.74, 6) is -1.00. The summed E-state index contributed by atoms with van der Waals surface area (Å²) in [6.07, 6.45) is 2.45. The largest absolute Gasteiger partial charge is 0.478 e. The van der Waals surface area contributed by atoms with Crippen LogP contribution >= 0.6 is 11.6 Å². The van der Waals surface area contributed by atoms with Gasteiger partial charge in [0.1, 0.15) is 5.56 Å². The van der Waals surface area contributed by atoms with Crippen LogP contribution in [0, 0.1) is 6.92 Å². The number of benzene rings is 1. The van der Waals surface area contributed by atoms with Gasteiger partial charge in [-0.1, -0.05) is 41.9 Å². The second-order valence-corrected chi connectivity index (χ2v) is 5.38. The minimum Gasteiger partial charge on any atom is -0.478 e. The fourth-order valence-electron chi connectivity index (χ4n) is 2.60. The van der Waals surface area contributed by atoms with Crippen LogP contribution in [0.2, 0.25) is 5.02 Å². The molecule has 0 radical (unpaired) electrons. The van der Waals surface area contributed by atoms with Gasteiger partial charge in [-0.15, -0.1) is 0 Å². The molecule has 0 fully saturated rings. The van der Waals surface area contributed by atoms with Crippen LogP contribution in [-0.4, -0.2) is 15.5 Å². The molecule has 0 spiro atoms. The average molecular weight is 300 g/mol. The predicted octanol–water partition coefficient (Wildman–Crippen LogP) is 4.19. The van der Waals surface area contributed by atoms with Crippen LogP contribution in [-0.2, 0) is 6.42 Å². The topological polar surface area (TPSA) is 41.7 Å². The summed E-state index contributed by atoms with van der Waals surface area (Å²) >= 11 is 6.35. The van der Waals surface area contributed by atoms with Crippen LogP contribution in [0.3, 0.4) is 0 Å². The normalized spacial score (nSPS) is 11.0. The third-order valence-electron chi connectivity index (χ3n) is 3.71. The third kappa shape index (κ3) is 2.30. The van der Waals surface area contributed by atoms with Crippen molar-refractivity contribution in [2.75, 3.05) is 0 Å². The third-order valence-corrected chi connectivity index (χ3v) is 4.12. The highest BCUT2D eigenvalue weighted by molar-refractivity contribution is 6.35. The maximum absolute atomic E-state index is 11.5. The molecule has 106 valence electrons. The summed E-state index contributed by atoms with van der Waals surface area (Å²) in [4.78, 5) is 11.5. The van der Waals surface area contributed by atoms with Gasteiger partial charge in [0, 0.05) is 18.3 Å².